The van der Waals surface area contributed by atoms with Crippen molar-refractivity contribution in [3.63, 3.8) is 0 Å². The van der Waals surface area contributed by atoms with Gasteiger partial charge in [0.15, 0.2) is 4.33 Å². The predicted octanol–water partition coefficient (Wildman–Crippen LogP) is 2.10. The second kappa shape index (κ2) is 3.08. The third-order valence-electron chi connectivity index (χ3n) is 2.12. The fourth-order valence-electron chi connectivity index (χ4n) is 1.41. The van der Waals surface area contributed by atoms with Gasteiger partial charge in [0.05, 0.1) is 0 Å². The standard InChI is InChI=1S/C8H13Cl2NO/c1-7(2)3-4-11-6(12)8(9,10)5-7/h3-5H2,1-2H3,(H,11,12). The number of nitrogens with one attached hydrogen (secondary N) is 1. The topological polar surface area (TPSA) is 29.1 Å². The molecule has 1 amide bonds. The summed E-state index contributed by atoms with van der Waals surface area (Å²) in [4.78, 5) is 11.2. The Morgan fingerprint density at radius 2 is 2.00 bits per heavy atom. The van der Waals surface area contributed by atoms with Gasteiger partial charge in [-0.15, -0.1) is 0 Å². The van der Waals surface area contributed by atoms with Gasteiger partial charge in [-0.1, -0.05) is 37.0 Å². The Hall–Kier alpha value is 0.0500. The zero-order chi connectivity index (χ0) is 9.41. The summed E-state index contributed by atoms with van der Waals surface area (Å²) >= 11 is 11.7. The minimum atomic E-state index is -1.25. The first-order valence-electron chi connectivity index (χ1n) is 4.00. The third kappa shape index (κ3) is 2.27. The molecule has 0 unspecified atom stereocenters. The Bertz CT molecular complexity index is 201. The molecule has 0 aliphatic carbocycles. The van der Waals surface area contributed by atoms with E-state index in [1.54, 1.807) is 0 Å². The van der Waals surface area contributed by atoms with Crippen LogP contribution >= 0.6 is 23.2 Å². The zero-order valence-corrected chi connectivity index (χ0v) is 8.80. The van der Waals surface area contributed by atoms with E-state index in [0.717, 1.165) is 6.42 Å². The molecular formula is C8H13Cl2NO. The summed E-state index contributed by atoms with van der Waals surface area (Å²) in [5.41, 5.74) is 0.0304. The lowest BCUT2D eigenvalue weighted by molar-refractivity contribution is -0.121. The van der Waals surface area contributed by atoms with Crippen molar-refractivity contribution >= 4 is 29.1 Å². The summed E-state index contributed by atoms with van der Waals surface area (Å²) in [6.07, 6.45) is 1.43. The summed E-state index contributed by atoms with van der Waals surface area (Å²) in [7, 11) is 0. The molecule has 12 heavy (non-hydrogen) atoms. The Labute approximate surface area is 82.6 Å². The molecule has 1 aliphatic rings. The second-order valence-electron chi connectivity index (χ2n) is 4.05. The average molecular weight is 210 g/mol. The molecule has 1 rings (SSSR count). The van der Waals surface area contributed by atoms with Crippen molar-refractivity contribution in [3.8, 4) is 0 Å². The predicted molar refractivity (Wildman–Crippen MR) is 50.5 cm³/mol. The summed E-state index contributed by atoms with van der Waals surface area (Å²) < 4.78 is -1.25. The van der Waals surface area contributed by atoms with Crippen LogP contribution in [0.5, 0.6) is 0 Å². The summed E-state index contributed by atoms with van der Waals surface area (Å²) in [6.45, 7) is 4.78. The highest BCUT2D eigenvalue weighted by Gasteiger charge is 2.41. The molecule has 0 bridgehead atoms. The van der Waals surface area contributed by atoms with Crippen LogP contribution in [0, 0.1) is 5.41 Å². The van der Waals surface area contributed by atoms with Gasteiger partial charge >= 0.3 is 0 Å². The maximum Gasteiger partial charge on any atom is 0.256 e. The Balaban J connectivity index is 2.80. The highest BCUT2D eigenvalue weighted by Crippen LogP contribution is 2.39. The molecule has 0 aromatic rings. The van der Waals surface area contributed by atoms with Crippen molar-refractivity contribution in [2.75, 3.05) is 6.54 Å². The Morgan fingerprint density at radius 1 is 1.42 bits per heavy atom. The van der Waals surface area contributed by atoms with Gasteiger partial charge in [-0.25, -0.2) is 0 Å². The number of halogens is 2. The smallest absolute Gasteiger partial charge is 0.256 e. The Morgan fingerprint density at radius 3 is 2.58 bits per heavy atom. The van der Waals surface area contributed by atoms with Crippen LogP contribution in [0.25, 0.3) is 0 Å². The quantitative estimate of drug-likeness (QED) is 0.609. The highest BCUT2D eigenvalue weighted by atomic mass is 35.5. The fourth-order valence-corrected chi connectivity index (χ4v) is 2.27. The lowest BCUT2D eigenvalue weighted by Gasteiger charge is -2.26. The largest absolute Gasteiger partial charge is 0.353 e. The van der Waals surface area contributed by atoms with E-state index in [1.807, 2.05) is 0 Å². The number of amides is 1. The normalized spacial score (nSPS) is 27.5. The van der Waals surface area contributed by atoms with E-state index in [-0.39, 0.29) is 11.3 Å². The number of rotatable bonds is 0. The van der Waals surface area contributed by atoms with Crippen LogP contribution in [0.4, 0.5) is 0 Å². The molecule has 0 radical (unpaired) electrons. The first kappa shape index (κ1) is 10.1. The maximum absolute atomic E-state index is 11.2. The van der Waals surface area contributed by atoms with Gasteiger partial charge in [0.1, 0.15) is 0 Å². The molecule has 0 saturated carbocycles. The molecule has 0 aromatic heterocycles. The summed E-state index contributed by atoms with van der Waals surface area (Å²) in [5.74, 6) is -0.267. The van der Waals surface area contributed by atoms with Gasteiger partial charge in [0.25, 0.3) is 5.91 Å². The van der Waals surface area contributed by atoms with E-state index in [2.05, 4.69) is 19.2 Å². The lowest BCUT2D eigenvalue weighted by Crippen LogP contribution is -2.37. The molecule has 1 aliphatic heterocycles. The van der Waals surface area contributed by atoms with Crippen LogP contribution in [-0.4, -0.2) is 16.8 Å². The lowest BCUT2D eigenvalue weighted by atomic mass is 9.85. The van der Waals surface area contributed by atoms with Crippen LogP contribution in [0.15, 0.2) is 0 Å². The number of hydrogen-bond acceptors (Lipinski definition) is 1. The SMILES string of the molecule is CC1(C)CCNC(=O)C(Cl)(Cl)C1. The molecule has 1 N–H and O–H groups in total. The molecular weight excluding hydrogens is 197 g/mol. The van der Waals surface area contributed by atoms with Gasteiger partial charge in [-0.05, 0) is 18.3 Å². The van der Waals surface area contributed by atoms with Gasteiger partial charge in [0, 0.05) is 6.54 Å². The van der Waals surface area contributed by atoms with Crippen LogP contribution < -0.4 is 5.32 Å². The van der Waals surface area contributed by atoms with Crippen molar-refractivity contribution in [1.82, 2.24) is 5.32 Å². The highest BCUT2D eigenvalue weighted by molar-refractivity contribution is 6.58. The molecule has 0 atom stereocenters. The van der Waals surface area contributed by atoms with Gasteiger partial charge < -0.3 is 5.32 Å². The molecule has 4 heteroatoms. The van der Waals surface area contributed by atoms with Gasteiger partial charge in [-0.2, -0.15) is 0 Å². The number of carbonyl (C=O) groups is 1. The monoisotopic (exact) mass is 209 g/mol. The average Bonchev–Trinajstić information content (AvgIpc) is 1.90. The second-order valence-corrected chi connectivity index (χ2v) is 5.54. The fraction of sp³-hybridized carbons (Fsp3) is 0.875. The first-order valence-corrected chi connectivity index (χ1v) is 4.75. The molecule has 1 heterocycles. The summed E-state index contributed by atoms with van der Waals surface area (Å²) in [5, 5.41) is 2.69. The van der Waals surface area contributed by atoms with E-state index in [4.69, 9.17) is 23.2 Å². The zero-order valence-electron chi connectivity index (χ0n) is 7.29. The molecule has 0 aromatic carbocycles. The Kier molecular flexibility index (Phi) is 2.60. The third-order valence-corrected chi connectivity index (χ3v) is 2.73. The summed E-state index contributed by atoms with van der Waals surface area (Å²) in [6, 6.07) is 0. The van der Waals surface area contributed by atoms with Crippen LogP contribution in [0.3, 0.4) is 0 Å². The van der Waals surface area contributed by atoms with E-state index in [9.17, 15) is 4.79 Å². The number of alkyl halides is 2. The van der Waals surface area contributed by atoms with Gasteiger partial charge in [-0.3, -0.25) is 4.79 Å². The van der Waals surface area contributed by atoms with Crippen LogP contribution in [0.1, 0.15) is 26.7 Å². The first-order chi connectivity index (χ1) is 5.33. The molecule has 1 saturated heterocycles. The van der Waals surface area contributed by atoms with Crippen LogP contribution in [0.2, 0.25) is 0 Å². The van der Waals surface area contributed by atoms with Crippen molar-refractivity contribution in [1.29, 1.82) is 0 Å². The minimum Gasteiger partial charge on any atom is -0.353 e. The van der Waals surface area contributed by atoms with Crippen molar-refractivity contribution in [2.24, 2.45) is 5.41 Å². The number of carbonyl (C=O) groups excluding carboxylic acids is 1. The molecule has 70 valence electrons. The van der Waals surface area contributed by atoms with Crippen LogP contribution in [-0.2, 0) is 4.79 Å². The molecule has 1 fully saturated rings. The number of hydrogen-bond donors (Lipinski definition) is 1. The van der Waals surface area contributed by atoms with Crippen molar-refractivity contribution < 1.29 is 4.79 Å². The van der Waals surface area contributed by atoms with Gasteiger partial charge in [0.2, 0.25) is 0 Å². The van der Waals surface area contributed by atoms with E-state index >= 15 is 0 Å². The van der Waals surface area contributed by atoms with Crippen molar-refractivity contribution in [3.05, 3.63) is 0 Å². The van der Waals surface area contributed by atoms with E-state index in [0.29, 0.717) is 13.0 Å². The minimum absolute atomic E-state index is 0.0304. The molecule has 0 spiro atoms. The maximum atomic E-state index is 11.2. The van der Waals surface area contributed by atoms with E-state index in [1.165, 1.54) is 0 Å². The molecule has 2 nitrogen and oxygen atoms in total. The van der Waals surface area contributed by atoms with Crippen molar-refractivity contribution in [2.45, 2.75) is 31.0 Å². The van der Waals surface area contributed by atoms with E-state index < -0.39 is 4.33 Å².